The molecule has 6 aliphatic carbocycles. The smallest absolute Gasteiger partial charge is 0.0720 e. The van der Waals surface area contributed by atoms with Crippen LogP contribution in [0.5, 0.6) is 0 Å². The molecule has 1 nitrogen and oxygen atoms in total. The fourth-order valence-corrected chi connectivity index (χ4v) is 17.0. The van der Waals surface area contributed by atoms with Crippen molar-refractivity contribution in [1.29, 1.82) is 0 Å². The minimum Gasteiger partial charge on any atom is -0.310 e. The van der Waals surface area contributed by atoms with Gasteiger partial charge in [0.25, 0.3) is 0 Å². The predicted octanol–water partition coefficient (Wildman–Crippen LogP) is 18.9. The molecular formula is C71H53NS. The molecule has 1 aromatic heterocycles. The van der Waals surface area contributed by atoms with Gasteiger partial charge in [0.15, 0.2) is 0 Å². The third-order valence-corrected chi connectivity index (χ3v) is 19.7. The van der Waals surface area contributed by atoms with Gasteiger partial charge in [-0.15, -0.1) is 11.3 Å². The van der Waals surface area contributed by atoms with Crippen LogP contribution in [0.15, 0.2) is 237 Å². The van der Waals surface area contributed by atoms with Gasteiger partial charge in [-0.3, -0.25) is 0 Å². The van der Waals surface area contributed by atoms with Crippen molar-refractivity contribution < 1.29 is 0 Å². The van der Waals surface area contributed by atoms with E-state index in [1.807, 2.05) is 11.3 Å². The van der Waals surface area contributed by atoms with Crippen LogP contribution in [0.25, 0.3) is 64.7 Å². The Kier molecular flexibility index (Phi) is 9.08. The zero-order chi connectivity index (χ0) is 47.8. The molecule has 4 saturated carbocycles. The first kappa shape index (κ1) is 41.8. The molecule has 0 N–H and O–H groups in total. The number of hydrogen-bond donors (Lipinski definition) is 0. The number of nitrogens with zero attached hydrogens (tertiary/aromatic N) is 1. The zero-order valence-electron chi connectivity index (χ0n) is 40.7. The fourth-order valence-electron chi connectivity index (χ4n) is 15.9. The maximum absolute atomic E-state index is 2.66. The Labute approximate surface area is 432 Å². The number of hydrogen-bond acceptors (Lipinski definition) is 2. The van der Waals surface area contributed by atoms with Gasteiger partial charge in [0.1, 0.15) is 0 Å². The summed E-state index contributed by atoms with van der Waals surface area (Å²) in [4.78, 5) is 2.53. The van der Waals surface area contributed by atoms with Crippen LogP contribution in [0.1, 0.15) is 65.5 Å². The minimum absolute atomic E-state index is 0.0185. The Balaban J connectivity index is 0.893. The van der Waals surface area contributed by atoms with Gasteiger partial charge < -0.3 is 4.90 Å². The lowest BCUT2D eigenvalue weighted by Gasteiger charge is -2.65. The van der Waals surface area contributed by atoms with E-state index in [1.54, 1.807) is 11.1 Å². The van der Waals surface area contributed by atoms with Crippen LogP contribution in [0.2, 0.25) is 0 Å². The van der Waals surface area contributed by atoms with Crippen molar-refractivity contribution in [2.75, 3.05) is 4.90 Å². The second kappa shape index (κ2) is 15.9. The largest absolute Gasteiger partial charge is 0.310 e. The third-order valence-electron chi connectivity index (χ3n) is 18.6. The molecule has 10 aromatic carbocycles. The number of benzene rings is 10. The normalized spacial score (nSPS) is 21.3. The molecule has 0 radical (unpaired) electrons. The van der Waals surface area contributed by atoms with Crippen molar-refractivity contribution in [3.8, 4) is 44.5 Å². The number of rotatable bonds is 6. The maximum Gasteiger partial charge on any atom is 0.0720 e. The molecule has 348 valence electrons. The second-order valence-corrected chi connectivity index (χ2v) is 23.1. The van der Waals surface area contributed by atoms with E-state index in [2.05, 4.69) is 241 Å². The Morgan fingerprint density at radius 3 is 1.40 bits per heavy atom. The summed E-state index contributed by atoms with van der Waals surface area (Å²) in [6.07, 6.45) is 6.82. The summed E-state index contributed by atoms with van der Waals surface area (Å²) in [5, 5.41) is 2.67. The molecule has 1 heterocycles. The summed E-state index contributed by atoms with van der Waals surface area (Å²) >= 11 is 1.89. The van der Waals surface area contributed by atoms with Crippen LogP contribution in [-0.4, -0.2) is 0 Å². The molecule has 0 atom stereocenters. The average molecular weight is 952 g/mol. The summed E-state index contributed by atoms with van der Waals surface area (Å²) < 4.78 is 2.67. The number of anilines is 3. The first-order chi connectivity index (χ1) is 36.1. The van der Waals surface area contributed by atoms with Gasteiger partial charge in [0.2, 0.25) is 0 Å². The Morgan fingerprint density at radius 2 is 0.767 bits per heavy atom. The number of thiophene rings is 1. The van der Waals surface area contributed by atoms with Gasteiger partial charge in [0, 0.05) is 42.6 Å². The molecule has 17 rings (SSSR count). The average Bonchev–Trinajstić information content (AvgIpc) is 3.97. The highest BCUT2D eigenvalue weighted by atomic mass is 32.1. The molecule has 6 aliphatic rings. The van der Waals surface area contributed by atoms with E-state index in [0.29, 0.717) is 11.8 Å². The van der Waals surface area contributed by atoms with Crippen molar-refractivity contribution in [1.82, 2.24) is 0 Å². The van der Waals surface area contributed by atoms with E-state index in [1.165, 1.54) is 125 Å². The van der Waals surface area contributed by atoms with Crippen LogP contribution in [-0.2, 0) is 10.8 Å². The van der Waals surface area contributed by atoms with E-state index < -0.39 is 5.41 Å². The van der Waals surface area contributed by atoms with Crippen molar-refractivity contribution in [3.63, 3.8) is 0 Å². The Bertz CT molecular complexity index is 3900. The lowest BCUT2D eigenvalue weighted by molar-refractivity contribution is -0.0440. The van der Waals surface area contributed by atoms with Gasteiger partial charge in [0.05, 0.1) is 5.41 Å². The van der Waals surface area contributed by atoms with E-state index in [0.717, 1.165) is 23.2 Å². The molecule has 4 bridgehead atoms. The molecule has 0 aliphatic heterocycles. The molecule has 73 heavy (non-hydrogen) atoms. The highest BCUT2D eigenvalue weighted by Gasteiger charge is 2.64. The topological polar surface area (TPSA) is 3.24 Å². The fraction of sp³-hybridized carbons (Fsp3) is 0.155. The van der Waals surface area contributed by atoms with Crippen LogP contribution in [0, 0.1) is 23.7 Å². The maximum atomic E-state index is 2.66. The summed E-state index contributed by atoms with van der Waals surface area (Å²) in [7, 11) is 0. The van der Waals surface area contributed by atoms with Crippen molar-refractivity contribution in [2.45, 2.75) is 42.9 Å². The monoisotopic (exact) mass is 951 g/mol. The molecule has 0 saturated heterocycles. The summed E-state index contributed by atoms with van der Waals surface area (Å²) in [5.41, 5.74) is 22.1. The standard InChI is InChI=1S/C71H53NS/c1-2-12-47(13-3-1)48-22-24-49(25-23-48)50-26-31-55(32-27-50)72(56-33-28-51(29-34-56)52-30-36-61-60-16-6-11-21-68(60)73-69(61)43-52)57-35-37-66-67(44-57)71(62-17-7-4-14-58(62)59-15-5-8-18-63(59)71)65-20-10-9-19-64(65)70(66)53-39-45-38-46(41-53)42-54(70)40-45/h1-37,43-46,53-54H,38-42H2. The van der Waals surface area contributed by atoms with Crippen LogP contribution < -0.4 is 4.90 Å². The third kappa shape index (κ3) is 5.96. The summed E-state index contributed by atoms with van der Waals surface area (Å²) in [6.45, 7) is 0. The van der Waals surface area contributed by atoms with Gasteiger partial charge in [-0.25, -0.2) is 0 Å². The first-order valence-electron chi connectivity index (χ1n) is 26.6. The van der Waals surface area contributed by atoms with Crippen molar-refractivity contribution in [3.05, 3.63) is 270 Å². The van der Waals surface area contributed by atoms with Gasteiger partial charge in [-0.1, -0.05) is 188 Å². The summed E-state index contributed by atoms with van der Waals surface area (Å²) in [5.74, 6) is 3.01. The van der Waals surface area contributed by atoms with E-state index in [9.17, 15) is 0 Å². The molecule has 0 amide bonds. The lowest BCUT2D eigenvalue weighted by Crippen LogP contribution is -2.59. The highest BCUT2D eigenvalue weighted by molar-refractivity contribution is 7.25. The molecular weight excluding hydrogens is 899 g/mol. The van der Waals surface area contributed by atoms with E-state index in [4.69, 9.17) is 0 Å². The van der Waals surface area contributed by atoms with Gasteiger partial charge in [-0.2, -0.15) is 0 Å². The van der Waals surface area contributed by atoms with Crippen LogP contribution in [0.4, 0.5) is 17.1 Å². The lowest BCUT2D eigenvalue weighted by atomic mass is 9.38. The van der Waals surface area contributed by atoms with E-state index >= 15 is 0 Å². The molecule has 0 unspecified atom stereocenters. The zero-order valence-corrected chi connectivity index (χ0v) is 41.5. The molecule has 11 aromatic rings. The molecule has 2 spiro atoms. The summed E-state index contributed by atoms with van der Waals surface area (Å²) in [6, 6.07) is 90.5. The highest BCUT2D eigenvalue weighted by Crippen LogP contribution is 2.71. The van der Waals surface area contributed by atoms with Gasteiger partial charge >= 0.3 is 0 Å². The molecule has 4 fully saturated rings. The quantitative estimate of drug-likeness (QED) is 0.161. The predicted molar refractivity (Wildman–Crippen MR) is 305 cm³/mol. The Hall–Kier alpha value is -7.78. The van der Waals surface area contributed by atoms with E-state index in [-0.39, 0.29) is 5.41 Å². The van der Waals surface area contributed by atoms with Crippen molar-refractivity contribution in [2.24, 2.45) is 23.7 Å². The first-order valence-corrected chi connectivity index (χ1v) is 27.5. The van der Waals surface area contributed by atoms with Gasteiger partial charge in [-0.05, 0) is 182 Å². The number of fused-ring (bicyclic) bond motifs is 12. The van der Waals surface area contributed by atoms with Crippen molar-refractivity contribution >= 4 is 48.6 Å². The minimum atomic E-state index is -0.467. The SMILES string of the molecule is c1ccc(-c2ccc(-c3ccc(N(c4ccc(-c5ccc6c(c5)sc5ccccc56)cc4)c4ccc5c(c4)C4(c6ccccc6-c6ccccc64)c4ccccc4C54C5CC6CC(C5)CC4C6)cc3)cc2)cc1. The second-order valence-electron chi connectivity index (χ2n) is 22.0. The molecule has 2 heteroatoms. The van der Waals surface area contributed by atoms with Crippen LogP contribution >= 0.6 is 11.3 Å². The Morgan fingerprint density at radius 1 is 0.315 bits per heavy atom. The van der Waals surface area contributed by atoms with Crippen LogP contribution in [0.3, 0.4) is 0 Å².